The van der Waals surface area contributed by atoms with Crippen LogP contribution in [-0.2, 0) is 23.2 Å². The second-order valence-corrected chi connectivity index (χ2v) is 9.53. The van der Waals surface area contributed by atoms with Crippen molar-refractivity contribution in [2.75, 3.05) is 7.11 Å². The third-order valence-electron chi connectivity index (χ3n) is 5.17. The van der Waals surface area contributed by atoms with E-state index >= 15 is 0 Å². The first-order valence-corrected chi connectivity index (χ1v) is 12.4. The highest BCUT2D eigenvalue weighted by atomic mass is 35.5. The summed E-state index contributed by atoms with van der Waals surface area (Å²) >= 11 is 6.25. The van der Waals surface area contributed by atoms with Crippen LogP contribution in [0.3, 0.4) is 0 Å². The number of benzene rings is 3. The van der Waals surface area contributed by atoms with Gasteiger partial charge in [-0.15, -0.1) is 0 Å². The zero-order chi connectivity index (χ0) is 24.8. The first-order valence-electron chi connectivity index (χ1n) is 10.6. The summed E-state index contributed by atoms with van der Waals surface area (Å²) in [4.78, 5) is 14.9. The van der Waals surface area contributed by atoms with Gasteiger partial charge in [-0.3, -0.25) is 4.79 Å². The van der Waals surface area contributed by atoms with Crippen LogP contribution in [0.5, 0.6) is 11.5 Å². The molecule has 180 valence electrons. The van der Waals surface area contributed by atoms with E-state index < -0.39 is 10.1 Å². The maximum absolute atomic E-state index is 13.2. The molecule has 1 heterocycles. The summed E-state index contributed by atoms with van der Waals surface area (Å²) in [5.41, 5.74) is 1.15. The van der Waals surface area contributed by atoms with E-state index in [1.807, 2.05) is 0 Å². The lowest BCUT2D eigenvalue weighted by atomic mass is 10.1. The fourth-order valence-electron chi connectivity index (χ4n) is 3.38. The van der Waals surface area contributed by atoms with Gasteiger partial charge in [0.25, 0.3) is 5.91 Å². The molecule has 0 fully saturated rings. The zero-order valence-corrected chi connectivity index (χ0v) is 20.3. The molecule has 0 saturated carbocycles. The van der Waals surface area contributed by atoms with Gasteiger partial charge in [0.1, 0.15) is 22.2 Å². The van der Waals surface area contributed by atoms with Crippen molar-refractivity contribution in [2.24, 2.45) is 0 Å². The van der Waals surface area contributed by atoms with Gasteiger partial charge >= 0.3 is 10.1 Å². The number of hydrogen-bond donors (Lipinski definition) is 0. The molecule has 7 nitrogen and oxygen atoms in total. The third-order valence-corrected chi connectivity index (χ3v) is 6.76. The topological polar surface area (TPSA) is 86.1 Å². The fraction of sp³-hybridized carbons (Fsp3) is 0.115. The third kappa shape index (κ3) is 6.03. The molecule has 0 bridgehead atoms. The number of halogens is 1. The minimum absolute atomic E-state index is 0.0114. The van der Waals surface area contributed by atoms with Crippen LogP contribution in [-0.4, -0.2) is 26.3 Å². The number of rotatable bonds is 9. The lowest BCUT2D eigenvalue weighted by Crippen LogP contribution is -2.30. The SMILES string of the molecule is COc1ccc(S(=O)(=O)Oc2ccc(CN(Cc3ccco3)C(=O)c3ccccc3Cl)cc2)cc1. The molecular weight excluding hydrogens is 490 g/mol. The number of amides is 1. The first kappa shape index (κ1) is 24.4. The maximum Gasteiger partial charge on any atom is 0.339 e. The number of carbonyl (C=O) groups is 1. The average Bonchev–Trinajstić information content (AvgIpc) is 3.38. The number of nitrogens with zero attached hydrogens (tertiary/aromatic N) is 1. The Bertz CT molecular complexity index is 1380. The van der Waals surface area contributed by atoms with Crippen molar-refractivity contribution in [2.45, 2.75) is 18.0 Å². The summed E-state index contributed by atoms with van der Waals surface area (Å²) in [6.07, 6.45) is 1.54. The van der Waals surface area contributed by atoms with Gasteiger partial charge in [0, 0.05) is 6.54 Å². The molecule has 0 aliphatic rings. The molecule has 4 rings (SSSR count). The molecule has 1 aromatic heterocycles. The summed E-state index contributed by atoms with van der Waals surface area (Å²) in [5, 5.41) is 0.356. The van der Waals surface area contributed by atoms with Crippen LogP contribution in [0.2, 0.25) is 5.02 Å². The zero-order valence-electron chi connectivity index (χ0n) is 18.8. The molecule has 35 heavy (non-hydrogen) atoms. The summed E-state index contributed by atoms with van der Waals surface area (Å²) in [6, 6.07) is 22.8. The smallest absolute Gasteiger partial charge is 0.339 e. The second kappa shape index (κ2) is 10.7. The molecule has 0 aliphatic carbocycles. The Balaban J connectivity index is 1.51. The molecule has 4 aromatic rings. The number of hydrogen-bond acceptors (Lipinski definition) is 6. The first-order chi connectivity index (χ1) is 16.9. The van der Waals surface area contributed by atoms with Gasteiger partial charge in [-0.2, -0.15) is 8.42 Å². The molecule has 0 atom stereocenters. The summed E-state index contributed by atoms with van der Waals surface area (Å²) < 4.78 is 40.9. The molecule has 0 aliphatic heterocycles. The van der Waals surface area contributed by atoms with Gasteiger partial charge in [0.05, 0.1) is 30.5 Å². The Labute approximate surface area is 208 Å². The van der Waals surface area contributed by atoms with Gasteiger partial charge in [-0.25, -0.2) is 0 Å². The van der Waals surface area contributed by atoms with Crippen LogP contribution >= 0.6 is 11.6 Å². The van der Waals surface area contributed by atoms with Crippen molar-refractivity contribution >= 4 is 27.6 Å². The summed E-state index contributed by atoms with van der Waals surface area (Å²) in [7, 11) is -2.51. The van der Waals surface area contributed by atoms with E-state index in [1.165, 1.54) is 19.2 Å². The molecule has 1 amide bonds. The second-order valence-electron chi connectivity index (χ2n) is 7.58. The molecule has 0 unspecified atom stereocenters. The van der Waals surface area contributed by atoms with E-state index in [0.29, 0.717) is 22.1 Å². The highest BCUT2D eigenvalue weighted by molar-refractivity contribution is 7.87. The highest BCUT2D eigenvalue weighted by Gasteiger charge is 2.21. The number of ether oxygens (including phenoxy) is 1. The van der Waals surface area contributed by atoms with Gasteiger partial charge in [0.15, 0.2) is 0 Å². The van der Waals surface area contributed by atoms with E-state index in [-0.39, 0.29) is 29.6 Å². The van der Waals surface area contributed by atoms with Gasteiger partial charge < -0.3 is 18.2 Å². The minimum Gasteiger partial charge on any atom is -0.497 e. The van der Waals surface area contributed by atoms with Crippen LogP contribution in [0, 0.1) is 0 Å². The van der Waals surface area contributed by atoms with E-state index in [0.717, 1.165) is 5.56 Å². The Kier molecular flexibility index (Phi) is 7.43. The summed E-state index contributed by atoms with van der Waals surface area (Å²) in [6.45, 7) is 0.484. The number of furan rings is 1. The van der Waals surface area contributed by atoms with Gasteiger partial charge in [-0.05, 0) is 66.2 Å². The predicted octanol–water partition coefficient (Wildman–Crippen LogP) is 5.55. The lowest BCUT2D eigenvalue weighted by Gasteiger charge is -2.22. The van der Waals surface area contributed by atoms with Gasteiger partial charge in [0.2, 0.25) is 0 Å². The molecular formula is C26H22ClNO6S. The maximum atomic E-state index is 13.2. The highest BCUT2D eigenvalue weighted by Crippen LogP contribution is 2.24. The minimum atomic E-state index is -4.01. The van der Waals surface area contributed by atoms with E-state index in [2.05, 4.69) is 0 Å². The summed E-state index contributed by atoms with van der Waals surface area (Å²) in [5.74, 6) is 1.06. The van der Waals surface area contributed by atoms with Crippen LogP contribution < -0.4 is 8.92 Å². The molecule has 0 spiro atoms. The van der Waals surface area contributed by atoms with Crippen LogP contribution in [0.25, 0.3) is 0 Å². The van der Waals surface area contributed by atoms with Crippen molar-refractivity contribution < 1.29 is 26.5 Å². The Morgan fingerprint density at radius 2 is 1.57 bits per heavy atom. The fourth-order valence-corrected chi connectivity index (χ4v) is 4.53. The van der Waals surface area contributed by atoms with Crippen molar-refractivity contribution in [3.8, 4) is 11.5 Å². The normalized spacial score (nSPS) is 11.1. The lowest BCUT2D eigenvalue weighted by molar-refractivity contribution is 0.0718. The quantitative estimate of drug-likeness (QED) is 0.274. The molecule has 0 saturated heterocycles. The molecule has 0 N–H and O–H groups in total. The van der Waals surface area contributed by atoms with Gasteiger partial charge in [-0.1, -0.05) is 35.9 Å². The monoisotopic (exact) mass is 511 g/mol. The standard InChI is InChI=1S/C26H22ClNO6S/c1-32-20-12-14-23(15-13-20)35(30,31)34-21-10-8-19(9-11-21)17-28(18-22-5-4-16-33-22)26(29)24-6-2-3-7-25(24)27/h2-16H,17-18H2,1H3. The predicted molar refractivity (Wildman–Crippen MR) is 131 cm³/mol. The largest absolute Gasteiger partial charge is 0.497 e. The van der Waals surface area contributed by atoms with Crippen molar-refractivity contribution in [3.05, 3.63) is 113 Å². The number of methoxy groups -OCH3 is 1. The van der Waals surface area contributed by atoms with E-state index in [1.54, 1.807) is 84.0 Å². The van der Waals surface area contributed by atoms with Crippen molar-refractivity contribution in [1.82, 2.24) is 4.90 Å². The van der Waals surface area contributed by atoms with Crippen LogP contribution in [0.4, 0.5) is 0 Å². The molecule has 9 heteroatoms. The van der Waals surface area contributed by atoms with E-state index in [9.17, 15) is 13.2 Å². The van der Waals surface area contributed by atoms with Crippen LogP contribution in [0.15, 0.2) is 101 Å². The molecule has 0 radical (unpaired) electrons. The Morgan fingerprint density at radius 3 is 2.20 bits per heavy atom. The van der Waals surface area contributed by atoms with Crippen LogP contribution in [0.1, 0.15) is 21.7 Å². The van der Waals surface area contributed by atoms with E-state index in [4.69, 9.17) is 24.9 Å². The number of carbonyl (C=O) groups excluding carboxylic acids is 1. The Hall–Kier alpha value is -3.75. The van der Waals surface area contributed by atoms with Crippen molar-refractivity contribution in [3.63, 3.8) is 0 Å². The van der Waals surface area contributed by atoms with Crippen molar-refractivity contribution in [1.29, 1.82) is 0 Å². The molecule has 3 aromatic carbocycles. The Morgan fingerprint density at radius 1 is 0.886 bits per heavy atom. The average molecular weight is 512 g/mol.